The van der Waals surface area contributed by atoms with Gasteiger partial charge in [0.25, 0.3) is 0 Å². The van der Waals surface area contributed by atoms with Gasteiger partial charge in [0.05, 0.1) is 6.61 Å². The number of allylic oxidation sites excluding steroid dienone is 4. The lowest BCUT2D eigenvalue weighted by molar-refractivity contribution is -0.154. The Hall–Kier alpha value is -4.73. The van der Waals surface area contributed by atoms with Gasteiger partial charge in [-0.1, -0.05) is 19.3 Å². The Balaban J connectivity index is 1.66. The van der Waals surface area contributed by atoms with E-state index in [0.29, 0.717) is 47.2 Å². The highest BCUT2D eigenvalue weighted by Gasteiger charge is 2.20. The van der Waals surface area contributed by atoms with Crippen LogP contribution in [0.25, 0.3) is 11.6 Å². The van der Waals surface area contributed by atoms with Gasteiger partial charge in [-0.3, -0.25) is 4.79 Å². The lowest BCUT2D eigenvalue weighted by Gasteiger charge is -2.19. The average Bonchev–Trinajstić information content (AvgIpc) is 2.96. The van der Waals surface area contributed by atoms with E-state index in [1.54, 1.807) is 37.5 Å². The van der Waals surface area contributed by atoms with E-state index in [1.807, 2.05) is 45.1 Å². The minimum atomic E-state index is -0.455. The topological polar surface area (TPSA) is 131 Å². The highest BCUT2D eigenvalue weighted by molar-refractivity contribution is 5.87. The molecular formula is C34H38N2O7. The summed E-state index contributed by atoms with van der Waals surface area (Å²) in [4.78, 5) is 11.9. The number of aromatic hydroxyl groups is 1. The lowest BCUT2D eigenvalue weighted by atomic mass is 9.97. The van der Waals surface area contributed by atoms with Gasteiger partial charge in [0.15, 0.2) is 6.79 Å². The number of unbranched alkanes of at least 4 members (excludes halogenated alkanes) is 4. The zero-order valence-electron chi connectivity index (χ0n) is 25.1. The van der Waals surface area contributed by atoms with Gasteiger partial charge in [-0.25, -0.2) is 0 Å². The van der Waals surface area contributed by atoms with Crippen molar-refractivity contribution in [3.63, 3.8) is 0 Å². The molecule has 1 aliphatic heterocycles. The third-order valence-corrected chi connectivity index (χ3v) is 6.22. The average molecular weight is 587 g/mol. The first-order chi connectivity index (χ1) is 20.6. The van der Waals surface area contributed by atoms with Crippen LogP contribution in [0.15, 0.2) is 59.9 Å². The molecule has 1 heterocycles. The predicted octanol–water partition coefficient (Wildman–Crippen LogP) is 7.23. The van der Waals surface area contributed by atoms with Crippen molar-refractivity contribution in [2.45, 2.75) is 64.9 Å². The van der Waals surface area contributed by atoms with Gasteiger partial charge in [0, 0.05) is 36.3 Å². The van der Waals surface area contributed by atoms with E-state index >= 15 is 0 Å². The first kappa shape index (κ1) is 32.8. The molecule has 0 unspecified atom stereocenters. The molecule has 0 bridgehead atoms. The molecule has 2 aromatic carbocycles. The first-order valence-corrected chi connectivity index (χ1v) is 14.2. The fourth-order valence-electron chi connectivity index (χ4n) is 4.27. The monoisotopic (exact) mass is 586 g/mol. The van der Waals surface area contributed by atoms with E-state index in [1.165, 1.54) is 12.1 Å². The summed E-state index contributed by atoms with van der Waals surface area (Å²) >= 11 is 0. The Morgan fingerprint density at radius 1 is 0.977 bits per heavy atom. The number of phenols is 1. The highest BCUT2D eigenvalue weighted by atomic mass is 16.7. The molecule has 1 N–H and O–H groups in total. The second-order valence-electron chi connectivity index (χ2n) is 10.9. The molecule has 1 aliphatic rings. The number of methoxy groups -OCH3 is 1. The molecule has 43 heavy (non-hydrogen) atoms. The van der Waals surface area contributed by atoms with Gasteiger partial charge in [-0.05, 0) is 82.2 Å². The number of phenolic OH excluding ortho intramolecular Hbond substituents is 1. The summed E-state index contributed by atoms with van der Waals surface area (Å²) < 4.78 is 28.1. The number of hydrogen-bond donors (Lipinski definition) is 1. The molecule has 0 amide bonds. The van der Waals surface area contributed by atoms with E-state index in [4.69, 9.17) is 23.7 Å². The number of rotatable bonds is 14. The molecule has 0 spiro atoms. The summed E-state index contributed by atoms with van der Waals surface area (Å²) in [5.74, 6) is 1.88. The van der Waals surface area contributed by atoms with Gasteiger partial charge >= 0.3 is 5.97 Å². The second-order valence-corrected chi connectivity index (χ2v) is 10.9. The molecule has 226 valence electrons. The Labute approximate surface area is 253 Å². The number of carbonyl (C=O) groups is 1. The molecule has 0 aliphatic carbocycles. The zero-order valence-corrected chi connectivity index (χ0v) is 25.1. The number of benzene rings is 2. The van der Waals surface area contributed by atoms with Crippen molar-refractivity contribution in [1.29, 1.82) is 10.5 Å². The Morgan fingerprint density at radius 3 is 2.44 bits per heavy atom. The molecule has 0 saturated carbocycles. The van der Waals surface area contributed by atoms with Crippen molar-refractivity contribution in [3.05, 3.63) is 71.0 Å². The lowest BCUT2D eigenvalue weighted by Crippen LogP contribution is -2.23. The smallest absolute Gasteiger partial charge is 0.306 e. The van der Waals surface area contributed by atoms with E-state index in [2.05, 4.69) is 0 Å². The zero-order chi connectivity index (χ0) is 31.2. The predicted molar refractivity (Wildman–Crippen MR) is 162 cm³/mol. The fourth-order valence-corrected chi connectivity index (χ4v) is 4.27. The summed E-state index contributed by atoms with van der Waals surface area (Å²) in [7, 11) is 1.55. The Morgan fingerprint density at radius 2 is 1.72 bits per heavy atom. The number of hydrogen-bond acceptors (Lipinski definition) is 9. The molecule has 3 rings (SSSR count). The van der Waals surface area contributed by atoms with Gasteiger partial charge in [-0.15, -0.1) is 0 Å². The van der Waals surface area contributed by atoms with Crippen LogP contribution in [-0.4, -0.2) is 37.2 Å². The summed E-state index contributed by atoms with van der Waals surface area (Å²) in [5.41, 5.74) is 1.06. The SMILES string of the molecule is COCOc1ccc(/C=C/C2=CC(=C(C#N)C#N)c3cc(O)ccc3O2)c(OCCCCCCCC(=O)OC(C)(C)C)c1. The summed E-state index contributed by atoms with van der Waals surface area (Å²) in [6.45, 7) is 6.21. The molecular weight excluding hydrogens is 548 g/mol. The number of fused-ring (bicyclic) bond motifs is 1. The van der Waals surface area contributed by atoms with E-state index < -0.39 is 5.60 Å². The molecule has 0 aromatic heterocycles. The van der Waals surface area contributed by atoms with Crippen LogP contribution in [0.1, 0.15) is 70.4 Å². The first-order valence-electron chi connectivity index (χ1n) is 14.2. The van der Waals surface area contributed by atoms with Gasteiger partial charge in [0.2, 0.25) is 0 Å². The molecule has 2 aromatic rings. The maximum Gasteiger partial charge on any atom is 0.306 e. The van der Waals surface area contributed by atoms with Crippen LogP contribution in [-0.2, 0) is 14.3 Å². The van der Waals surface area contributed by atoms with Crippen molar-refractivity contribution in [2.75, 3.05) is 20.5 Å². The Bertz CT molecular complexity index is 1440. The van der Waals surface area contributed by atoms with Crippen LogP contribution in [0.5, 0.6) is 23.0 Å². The minimum absolute atomic E-state index is 0.000781. The number of ether oxygens (including phenoxy) is 5. The fraction of sp³-hybridized carbons (Fsp3) is 0.382. The molecule has 9 heteroatoms. The highest BCUT2D eigenvalue weighted by Crippen LogP contribution is 2.38. The minimum Gasteiger partial charge on any atom is -0.508 e. The van der Waals surface area contributed by atoms with Crippen LogP contribution in [0.2, 0.25) is 0 Å². The van der Waals surface area contributed by atoms with Gasteiger partial charge < -0.3 is 28.8 Å². The van der Waals surface area contributed by atoms with Crippen molar-refractivity contribution in [1.82, 2.24) is 0 Å². The number of carbonyl (C=O) groups excluding carboxylic acids is 1. The van der Waals surface area contributed by atoms with Crippen LogP contribution in [0, 0.1) is 22.7 Å². The quantitative estimate of drug-likeness (QED) is 0.105. The van der Waals surface area contributed by atoms with Crippen molar-refractivity contribution in [2.24, 2.45) is 0 Å². The van der Waals surface area contributed by atoms with E-state index in [-0.39, 0.29) is 24.1 Å². The number of nitrogens with zero attached hydrogens (tertiary/aromatic N) is 2. The van der Waals surface area contributed by atoms with Crippen LogP contribution < -0.4 is 14.2 Å². The molecule has 9 nitrogen and oxygen atoms in total. The second kappa shape index (κ2) is 16.1. The summed E-state index contributed by atoms with van der Waals surface area (Å²) in [6.07, 6.45) is 10.1. The number of nitriles is 2. The normalized spacial score (nSPS) is 12.4. The van der Waals surface area contributed by atoms with Gasteiger partial charge in [-0.2, -0.15) is 10.5 Å². The maximum atomic E-state index is 11.9. The van der Waals surface area contributed by atoms with Crippen LogP contribution in [0.4, 0.5) is 0 Å². The van der Waals surface area contributed by atoms with Crippen LogP contribution >= 0.6 is 0 Å². The van der Waals surface area contributed by atoms with Crippen LogP contribution in [0.3, 0.4) is 0 Å². The Kier molecular flexibility index (Phi) is 12.2. The van der Waals surface area contributed by atoms with Crippen molar-refractivity contribution >= 4 is 17.6 Å². The van der Waals surface area contributed by atoms with Crippen molar-refractivity contribution < 1.29 is 33.6 Å². The van der Waals surface area contributed by atoms with Gasteiger partial charge in [0.1, 0.15) is 52.1 Å². The summed E-state index contributed by atoms with van der Waals surface area (Å²) in [5, 5.41) is 28.9. The van der Waals surface area contributed by atoms with Crippen molar-refractivity contribution in [3.8, 4) is 35.1 Å². The van der Waals surface area contributed by atoms with E-state index in [9.17, 15) is 20.4 Å². The standard InChI is InChI=1S/C34H38N2O7/c1-34(2,3)43-33(38)10-8-6-5-7-9-17-40-32-20-27(41-23-39-4)14-11-24(32)12-15-28-19-29(25(21-35)22-36)30-18-26(37)13-16-31(30)42-28/h11-16,18-20,37H,5-10,17,23H2,1-4H3/b15-12+. The third kappa shape index (κ3) is 10.6. The van der Waals surface area contributed by atoms with E-state index in [0.717, 1.165) is 37.7 Å². The summed E-state index contributed by atoms with van der Waals surface area (Å²) in [6, 6.07) is 13.8. The largest absolute Gasteiger partial charge is 0.508 e. The molecule has 0 atom stereocenters. The molecule has 0 fully saturated rings. The maximum absolute atomic E-state index is 11.9. The third-order valence-electron chi connectivity index (χ3n) is 6.22. The molecule has 0 radical (unpaired) electrons. The molecule has 0 saturated heterocycles. The number of esters is 1.